The Morgan fingerprint density at radius 1 is 1.03 bits per heavy atom. The van der Waals surface area contributed by atoms with E-state index in [2.05, 4.69) is 15.9 Å². The van der Waals surface area contributed by atoms with Crippen LogP contribution < -0.4 is 9.47 Å². The maximum Gasteiger partial charge on any atom is 0.293 e. The number of imide groups is 1. The first-order valence-corrected chi connectivity index (χ1v) is 11.6. The summed E-state index contributed by atoms with van der Waals surface area (Å²) in [6.07, 6.45) is 1.63. The fourth-order valence-corrected chi connectivity index (χ4v) is 4.51. The summed E-state index contributed by atoms with van der Waals surface area (Å²) in [6.45, 7) is 0.362. The lowest BCUT2D eigenvalue weighted by Gasteiger charge is -2.14. The molecule has 3 aromatic carbocycles. The molecular formula is C25H19BrFNO4S. The average molecular weight is 528 g/mol. The van der Waals surface area contributed by atoms with Gasteiger partial charge in [-0.2, -0.15) is 0 Å². The van der Waals surface area contributed by atoms with Gasteiger partial charge in [-0.1, -0.05) is 58.4 Å². The fraction of sp³-hybridized carbons (Fsp3) is 0.120. The van der Waals surface area contributed by atoms with E-state index in [-0.39, 0.29) is 30.1 Å². The summed E-state index contributed by atoms with van der Waals surface area (Å²) >= 11 is 4.34. The fourth-order valence-electron chi connectivity index (χ4n) is 3.27. The zero-order valence-corrected chi connectivity index (χ0v) is 20.0. The predicted octanol–water partition coefficient (Wildman–Crippen LogP) is 6.41. The average Bonchev–Trinajstić information content (AvgIpc) is 3.07. The van der Waals surface area contributed by atoms with E-state index >= 15 is 0 Å². The molecule has 4 rings (SSSR count). The van der Waals surface area contributed by atoms with Crippen LogP contribution in [0.3, 0.4) is 0 Å². The lowest BCUT2D eigenvalue weighted by molar-refractivity contribution is -0.123. The van der Waals surface area contributed by atoms with Crippen LogP contribution >= 0.6 is 27.7 Å². The number of nitrogens with zero attached hydrogens (tertiary/aromatic N) is 1. The third-order valence-corrected chi connectivity index (χ3v) is 6.65. The zero-order chi connectivity index (χ0) is 23.4. The van der Waals surface area contributed by atoms with Gasteiger partial charge < -0.3 is 9.47 Å². The van der Waals surface area contributed by atoms with Gasteiger partial charge in [0, 0.05) is 10.0 Å². The summed E-state index contributed by atoms with van der Waals surface area (Å²) in [5, 5.41) is -0.335. The van der Waals surface area contributed by atoms with E-state index in [0.717, 1.165) is 27.4 Å². The van der Waals surface area contributed by atoms with Gasteiger partial charge in [0.1, 0.15) is 12.4 Å². The summed E-state index contributed by atoms with van der Waals surface area (Å²) in [7, 11) is 1.52. The minimum atomic E-state index is -0.368. The lowest BCUT2D eigenvalue weighted by atomic mass is 10.1. The first-order valence-electron chi connectivity index (χ1n) is 9.99. The Kier molecular flexibility index (Phi) is 7.15. The number of halogens is 2. The number of carbonyl (C=O) groups excluding carboxylic acids is 2. The molecule has 33 heavy (non-hydrogen) atoms. The van der Waals surface area contributed by atoms with Gasteiger partial charge in [0.25, 0.3) is 11.1 Å². The molecule has 2 amide bonds. The van der Waals surface area contributed by atoms with Gasteiger partial charge in [0.15, 0.2) is 11.5 Å². The Morgan fingerprint density at radius 3 is 2.52 bits per heavy atom. The molecule has 5 nitrogen and oxygen atoms in total. The predicted molar refractivity (Wildman–Crippen MR) is 129 cm³/mol. The monoisotopic (exact) mass is 527 g/mol. The van der Waals surface area contributed by atoms with Crippen molar-refractivity contribution in [1.29, 1.82) is 0 Å². The summed E-state index contributed by atoms with van der Waals surface area (Å²) in [5.74, 6) is 0.225. The van der Waals surface area contributed by atoms with Crippen LogP contribution in [-0.4, -0.2) is 23.2 Å². The van der Waals surface area contributed by atoms with Crippen molar-refractivity contribution in [3.05, 3.63) is 98.6 Å². The number of thioether (sulfide) groups is 1. The van der Waals surface area contributed by atoms with Crippen LogP contribution in [0.25, 0.3) is 6.08 Å². The minimum Gasteiger partial charge on any atom is -0.493 e. The topological polar surface area (TPSA) is 55.8 Å². The van der Waals surface area contributed by atoms with Crippen molar-refractivity contribution in [1.82, 2.24) is 4.90 Å². The number of rotatable bonds is 7. The molecule has 0 saturated carbocycles. The van der Waals surface area contributed by atoms with Crippen molar-refractivity contribution >= 4 is 44.9 Å². The van der Waals surface area contributed by atoms with Gasteiger partial charge in [0.05, 0.1) is 18.6 Å². The van der Waals surface area contributed by atoms with E-state index < -0.39 is 0 Å². The van der Waals surface area contributed by atoms with E-state index in [9.17, 15) is 14.0 Å². The van der Waals surface area contributed by atoms with Crippen LogP contribution in [0, 0.1) is 5.82 Å². The highest BCUT2D eigenvalue weighted by Gasteiger charge is 2.35. The number of para-hydroxylation sites is 1. The Labute approximate surface area is 203 Å². The van der Waals surface area contributed by atoms with Gasteiger partial charge in [-0.15, -0.1) is 0 Å². The SMILES string of the molecule is COc1cccc(/C=C2\SC(=O)N(Cc3ccccc3Br)C2=O)c1OCc1ccc(F)cc1. The van der Waals surface area contributed by atoms with E-state index in [4.69, 9.17) is 9.47 Å². The molecule has 168 valence electrons. The van der Waals surface area contributed by atoms with Gasteiger partial charge in [0.2, 0.25) is 0 Å². The van der Waals surface area contributed by atoms with Crippen molar-refractivity contribution in [2.24, 2.45) is 0 Å². The highest BCUT2D eigenvalue weighted by atomic mass is 79.9. The number of hydrogen-bond donors (Lipinski definition) is 0. The first-order chi connectivity index (χ1) is 16.0. The number of benzene rings is 3. The lowest BCUT2D eigenvalue weighted by Crippen LogP contribution is -2.27. The van der Waals surface area contributed by atoms with Crippen molar-refractivity contribution in [2.45, 2.75) is 13.2 Å². The quantitative estimate of drug-likeness (QED) is 0.332. The zero-order valence-electron chi connectivity index (χ0n) is 17.6. The van der Waals surface area contributed by atoms with Crippen LogP contribution in [0.5, 0.6) is 11.5 Å². The number of hydrogen-bond acceptors (Lipinski definition) is 5. The largest absolute Gasteiger partial charge is 0.493 e. The normalized spacial score (nSPS) is 14.8. The standard InChI is InChI=1S/C25H19BrFNO4S/c1-31-21-8-4-6-17(23(21)32-15-16-9-11-19(27)12-10-16)13-22-24(29)28(25(30)33-22)14-18-5-2-3-7-20(18)26/h2-13H,14-15H2,1H3/b22-13-. The molecular weight excluding hydrogens is 509 g/mol. The highest BCUT2D eigenvalue weighted by Crippen LogP contribution is 2.38. The van der Waals surface area contributed by atoms with Gasteiger partial charge in [-0.25, -0.2) is 4.39 Å². The molecule has 0 unspecified atom stereocenters. The third-order valence-electron chi connectivity index (χ3n) is 4.97. The molecule has 1 aliphatic rings. The highest BCUT2D eigenvalue weighted by molar-refractivity contribution is 9.10. The van der Waals surface area contributed by atoms with E-state index in [1.54, 1.807) is 36.4 Å². The molecule has 0 bridgehead atoms. The molecule has 1 saturated heterocycles. The summed E-state index contributed by atoms with van der Waals surface area (Å²) in [4.78, 5) is 27.1. The molecule has 0 spiro atoms. The van der Waals surface area contributed by atoms with Crippen molar-refractivity contribution < 1.29 is 23.5 Å². The van der Waals surface area contributed by atoms with Crippen LogP contribution in [0.2, 0.25) is 0 Å². The maximum atomic E-state index is 13.2. The van der Waals surface area contributed by atoms with Crippen molar-refractivity contribution in [3.63, 3.8) is 0 Å². The minimum absolute atomic E-state index is 0.176. The number of carbonyl (C=O) groups is 2. The van der Waals surface area contributed by atoms with Gasteiger partial charge >= 0.3 is 0 Å². The van der Waals surface area contributed by atoms with Gasteiger partial charge in [-0.05, 0) is 53.2 Å². The molecule has 0 radical (unpaired) electrons. The summed E-state index contributed by atoms with van der Waals surface area (Å²) in [6, 6.07) is 18.8. The molecule has 0 aromatic heterocycles. The van der Waals surface area contributed by atoms with Crippen LogP contribution in [0.1, 0.15) is 16.7 Å². The smallest absolute Gasteiger partial charge is 0.293 e. The Bertz CT molecular complexity index is 1230. The van der Waals surface area contributed by atoms with E-state index in [1.807, 2.05) is 24.3 Å². The molecule has 0 N–H and O–H groups in total. The second-order valence-corrected chi connectivity index (χ2v) is 9.00. The van der Waals surface area contributed by atoms with Crippen LogP contribution in [0.15, 0.2) is 76.1 Å². The summed E-state index contributed by atoms with van der Waals surface area (Å²) < 4.78 is 25.4. The second-order valence-electron chi connectivity index (χ2n) is 7.15. The first kappa shape index (κ1) is 23.1. The summed E-state index contributed by atoms with van der Waals surface area (Å²) in [5.41, 5.74) is 2.22. The molecule has 0 aliphatic carbocycles. The van der Waals surface area contributed by atoms with Crippen LogP contribution in [-0.2, 0) is 17.9 Å². The van der Waals surface area contributed by atoms with Crippen LogP contribution in [0.4, 0.5) is 9.18 Å². The number of methoxy groups -OCH3 is 1. The van der Waals surface area contributed by atoms with Crippen molar-refractivity contribution in [2.75, 3.05) is 7.11 Å². The number of amides is 2. The number of ether oxygens (including phenoxy) is 2. The van der Waals surface area contributed by atoms with Crippen molar-refractivity contribution in [3.8, 4) is 11.5 Å². The molecule has 1 aliphatic heterocycles. The molecule has 8 heteroatoms. The third kappa shape index (κ3) is 5.29. The Morgan fingerprint density at radius 2 is 1.79 bits per heavy atom. The molecule has 3 aromatic rings. The van der Waals surface area contributed by atoms with Gasteiger partial charge in [-0.3, -0.25) is 14.5 Å². The molecule has 1 fully saturated rings. The Balaban J connectivity index is 1.59. The Hall–Kier alpha value is -3.10. The maximum absolute atomic E-state index is 13.2. The van der Waals surface area contributed by atoms with E-state index in [1.165, 1.54) is 24.1 Å². The van der Waals surface area contributed by atoms with E-state index in [0.29, 0.717) is 22.0 Å². The molecule has 0 atom stereocenters. The second kappa shape index (κ2) is 10.2. The molecule has 1 heterocycles.